The van der Waals surface area contributed by atoms with E-state index in [9.17, 15) is 9.50 Å². The summed E-state index contributed by atoms with van der Waals surface area (Å²) in [6, 6.07) is 4.64. The summed E-state index contributed by atoms with van der Waals surface area (Å²) in [5, 5.41) is 12.9. The van der Waals surface area contributed by atoms with E-state index >= 15 is 0 Å². The van der Waals surface area contributed by atoms with Crippen LogP contribution < -0.4 is 5.32 Å². The fraction of sp³-hybridized carbons (Fsp3) is 0.600. The van der Waals surface area contributed by atoms with Crippen molar-refractivity contribution in [1.29, 1.82) is 0 Å². The predicted octanol–water partition coefficient (Wildman–Crippen LogP) is 3.30. The zero-order chi connectivity index (χ0) is 13.6. The molecule has 0 unspecified atom stereocenters. The van der Waals surface area contributed by atoms with Gasteiger partial charge >= 0.3 is 0 Å². The molecule has 0 aromatic heterocycles. The third-order valence-electron chi connectivity index (χ3n) is 5.05. The fourth-order valence-electron chi connectivity index (χ4n) is 2.90. The number of aromatic hydroxyl groups is 1. The Labute approximate surface area is 108 Å². The minimum Gasteiger partial charge on any atom is -0.505 e. The molecule has 18 heavy (non-hydrogen) atoms. The van der Waals surface area contributed by atoms with Crippen LogP contribution in [0.4, 0.5) is 4.39 Å². The Hall–Kier alpha value is -1.09. The van der Waals surface area contributed by atoms with E-state index in [-0.39, 0.29) is 5.75 Å². The van der Waals surface area contributed by atoms with Crippen LogP contribution in [0.15, 0.2) is 18.2 Å². The summed E-state index contributed by atoms with van der Waals surface area (Å²) >= 11 is 0. The Kier molecular flexibility index (Phi) is 3.14. The summed E-state index contributed by atoms with van der Waals surface area (Å²) < 4.78 is 13.1. The minimum absolute atomic E-state index is 0.237. The quantitative estimate of drug-likeness (QED) is 0.860. The number of hydrogen-bond donors (Lipinski definition) is 2. The highest BCUT2D eigenvalue weighted by atomic mass is 19.1. The van der Waals surface area contributed by atoms with E-state index in [1.54, 1.807) is 12.1 Å². The Bertz CT molecular complexity index is 440. The summed E-state index contributed by atoms with van der Waals surface area (Å²) in [6.07, 6.45) is 0. The SMILES string of the molecule is CC1(C)C(CNCc2cccc(F)c2O)C1(C)C. The van der Waals surface area contributed by atoms with Gasteiger partial charge in [-0.1, -0.05) is 39.8 Å². The molecule has 0 saturated heterocycles. The maximum absolute atomic E-state index is 13.1. The van der Waals surface area contributed by atoms with Crippen LogP contribution in [0, 0.1) is 22.6 Å². The molecule has 3 heteroatoms. The van der Waals surface area contributed by atoms with Crippen LogP contribution in [0.25, 0.3) is 0 Å². The van der Waals surface area contributed by atoms with E-state index in [2.05, 4.69) is 33.0 Å². The summed E-state index contributed by atoms with van der Waals surface area (Å²) in [4.78, 5) is 0. The average Bonchev–Trinajstić information content (AvgIpc) is 2.66. The molecule has 0 spiro atoms. The molecular formula is C15H22FNO. The van der Waals surface area contributed by atoms with Crippen molar-refractivity contribution < 1.29 is 9.50 Å². The number of phenolic OH excluding ortho intramolecular Hbond substituents is 1. The Morgan fingerprint density at radius 1 is 1.22 bits per heavy atom. The lowest BCUT2D eigenvalue weighted by molar-refractivity contribution is 0.421. The molecule has 2 rings (SSSR count). The standard InChI is InChI=1S/C15H22FNO/c1-14(2)12(15(14,3)4)9-17-8-10-6-5-7-11(16)13(10)18/h5-7,12,17-18H,8-9H2,1-4H3. The maximum atomic E-state index is 13.1. The van der Waals surface area contributed by atoms with Gasteiger partial charge in [-0.15, -0.1) is 0 Å². The first-order chi connectivity index (χ1) is 8.28. The number of phenols is 1. The van der Waals surface area contributed by atoms with Gasteiger partial charge in [0.1, 0.15) is 0 Å². The van der Waals surface area contributed by atoms with Gasteiger partial charge in [-0.05, 0) is 29.4 Å². The van der Waals surface area contributed by atoms with Crippen molar-refractivity contribution in [2.45, 2.75) is 34.2 Å². The molecule has 2 N–H and O–H groups in total. The Morgan fingerprint density at radius 2 is 1.83 bits per heavy atom. The third-order valence-corrected chi connectivity index (χ3v) is 5.05. The van der Waals surface area contributed by atoms with Gasteiger partial charge in [-0.25, -0.2) is 4.39 Å². The van der Waals surface area contributed by atoms with Crippen molar-refractivity contribution in [2.75, 3.05) is 6.54 Å². The lowest BCUT2D eigenvalue weighted by Crippen LogP contribution is -2.19. The molecule has 0 atom stereocenters. The Balaban J connectivity index is 1.89. The molecule has 1 aliphatic rings. The zero-order valence-corrected chi connectivity index (χ0v) is 11.5. The molecule has 1 aromatic rings. The maximum Gasteiger partial charge on any atom is 0.165 e. The van der Waals surface area contributed by atoms with E-state index in [0.29, 0.717) is 28.9 Å². The summed E-state index contributed by atoms with van der Waals surface area (Å²) in [7, 11) is 0. The van der Waals surface area contributed by atoms with Crippen LogP contribution in [0.1, 0.15) is 33.3 Å². The van der Waals surface area contributed by atoms with Gasteiger partial charge in [-0.3, -0.25) is 0 Å². The highest BCUT2D eigenvalue weighted by Crippen LogP contribution is 2.67. The first-order valence-corrected chi connectivity index (χ1v) is 6.45. The molecular weight excluding hydrogens is 229 g/mol. The van der Waals surface area contributed by atoms with Gasteiger partial charge in [0.05, 0.1) is 0 Å². The van der Waals surface area contributed by atoms with Crippen LogP contribution in [0.5, 0.6) is 5.75 Å². The summed E-state index contributed by atoms with van der Waals surface area (Å²) in [6.45, 7) is 10.5. The number of nitrogens with one attached hydrogen (secondary N) is 1. The number of benzene rings is 1. The second-order valence-corrected chi connectivity index (χ2v) is 6.37. The van der Waals surface area contributed by atoms with Crippen molar-refractivity contribution in [3.05, 3.63) is 29.6 Å². The van der Waals surface area contributed by atoms with Crippen molar-refractivity contribution in [3.63, 3.8) is 0 Å². The van der Waals surface area contributed by atoms with E-state index < -0.39 is 5.82 Å². The van der Waals surface area contributed by atoms with Crippen LogP contribution in [-0.2, 0) is 6.54 Å². The van der Waals surface area contributed by atoms with E-state index in [1.807, 2.05) is 0 Å². The molecule has 1 saturated carbocycles. The van der Waals surface area contributed by atoms with Gasteiger partial charge in [0.2, 0.25) is 0 Å². The van der Waals surface area contributed by atoms with Crippen LogP contribution in [0.3, 0.4) is 0 Å². The number of halogens is 1. The first kappa shape index (κ1) is 13.3. The van der Waals surface area contributed by atoms with Crippen LogP contribution in [0.2, 0.25) is 0 Å². The Morgan fingerprint density at radius 3 is 2.39 bits per heavy atom. The summed E-state index contributed by atoms with van der Waals surface area (Å²) in [5.74, 6) is -0.165. The highest BCUT2D eigenvalue weighted by molar-refractivity contribution is 5.33. The molecule has 100 valence electrons. The topological polar surface area (TPSA) is 32.3 Å². The van der Waals surface area contributed by atoms with Crippen molar-refractivity contribution in [3.8, 4) is 5.75 Å². The molecule has 1 aromatic carbocycles. The molecule has 0 heterocycles. The average molecular weight is 251 g/mol. The van der Waals surface area contributed by atoms with Gasteiger partial charge in [-0.2, -0.15) is 0 Å². The van der Waals surface area contributed by atoms with Crippen LogP contribution in [-0.4, -0.2) is 11.7 Å². The van der Waals surface area contributed by atoms with Crippen molar-refractivity contribution in [1.82, 2.24) is 5.32 Å². The molecule has 2 nitrogen and oxygen atoms in total. The normalized spacial score (nSPS) is 20.9. The first-order valence-electron chi connectivity index (χ1n) is 6.45. The van der Waals surface area contributed by atoms with E-state index in [0.717, 1.165) is 6.54 Å². The summed E-state index contributed by atoms with van der Waals surface area (Å²) in [5.41, 5.74) is 1.32. The van der Waals surface area contributed by atoms with E-state index in [4.69, 9.17) is 0 Å². The molecule has 0 amide bonds. The largest absolute Gasteiger partial charge is 0.505 e. The third kappa shape index (κ3) is 2.01. The van der Waals surface area contributed by atoms with Crippen molar-refractivity contribution in [2.24, 2.45) is 16.7 Å². The van der Waals surface area contributed by atoms with E-state index in [1.165, 1.54) is 6.07 Å². The fourth-order valence-corrected chi connectivity index (χ4v) is 2.90. The van der Waals surface area contributed by atoms with Gasteiger partial charge in [0.15, 0.2) is 11.6 Å². The highest BCUT2D eigenvalue weighted by Gasteiger charge is 2.63. The predicted molar refractivity (Wildman–Crippen MR) is 70.8 cm³/mol. The number of rotatable bonds is 4. The second-order valence-electron chi connectivity index (χ2n) is 6.37. The molecule has 0 radical (unpaired) electrons. The lowest BCUT2D eigenvalue weighted by Gasteiger charge is -2.08. The zero-order valence-electron chi connectivity index (χ0n) is 11.5. The number of hydrogen-bond acceptors (Lipinski definition) is 2. The van der Waals surface area contributed by atoms with Gasteiger partial charge in [0, 0.05) is 12.1 Å². The molecule has 1 aliphatic carbocycles. The smallest absolute Gasteiger partial charge is 0.165 e. The second kappa shape index (κ2) is 4.23. The molecule has 1 fully saturated rings. The number of para-hydroxylation sites is 1. The molecule has 0 bridgehead atoms. The van der Waals surface area contributed by atoms with Crippen molar-refractivity contribution >= 4 is 0 Å². The minimum atomic E-state index is -0.554. The van der Waals surface area contributed by atoms with Gasteiger partial charge in [0.25, 0.3) is 0 Å². The monoisotopic (exact) mass is 251 g/mol. The lowest BCUT2D eigenvalue weighted by atomic mass is 10.0. The van der Waals surface area contributed by atoms with Gasteiger partial charge < -0.3 is 10.4 Å². The molecule has 0 aliphatic heterocycles. The van der Waals surface area contributed by atoms with Crippen LogP contribution >= 0.6 is 0 Å².